The van der Waals surface area contributed by atoms with Crippen molar-refractivity contribution in [3.63, 3.8) is 0 Å². The van der Waals surface area contributed by atoms with E-state index in [-0.39, 0.29) is 24.9 Å². The minimum atomic E-state index is -0.773. The first-order valence-electron chi connectivity index (χ1n) is 10.9. The van der Waals surface area contributed by atoms with Gasteiger partial charge in [0.1, 0.15) is 5.75 Å². The van der Waals surface area contributed by atoms with Crippen LogP contribution in [0.2, 0.25) is 0 Å². The average Bonchev–Trinajstić information content (AvgIpc) is 2.88. The van der Waals surface area contributed by atoms with E-state index in [0.717, 1.165) is 10.3 Å². The molecule has 1 heterocycles. The normalized spacial score (nSPS) is 12.4. The first-order chi connectivity index (χ1) is 16.9. The van der Waals surface area contributed by atoms with Crippen molar-refractivity contribution in [2.75, 3.05) is 20.3 Å². The Morgan fingerprint density at radius 1 is 0.886 bits per heavy atom. The minimum absolute atomic E-state index is 0.0274. The molecule has 1 aliphatic rings. The fraction of sp³-hybridized carbons (Fsp3) is 0.192. The molecule has 9 heteroatoms. The third-order valence-corrected chi connectivity index (χ3v) is 5.59. The minimum Gasteiger partial charge on any atom is -0.497 e. The lowest BCUT2D eigenvalue weighted by Gasteiger charge is -2.27. The Balaban J connectivity index is 1.25. The summed E-state index contributed by atoms with van der Waals surface area (Å²) < 4.78 is 9.92. The van der Waals surface area contributed by atoms with Crippen molar-refractivity contribution in [2.24, 2.45) is 0 Å². The molecule has 3 aromatic rings. The van der Waals surface area contributed by atoms with Gasteiger partial charge in [-0.1, -0.05) is 24.3 Å². The van der Waals surface area contributed by atoms with Crippen LogP contribution < -0.4 is 10.1 Å². The van der Waals surface area contributed by atoms with E-state index in [1.54, 1.807) is 36.4 Å². The zero-order valence-electron chi connectivity index (χ0n) is 18.9. The standard InChI is InChI=1S/C26H22N2O7/c1-34-18-12-10-17(11-13-18)24(31)27-21(29)15-35-22(30)9-4-14-28-25(32)19-7-2-5-16-6-3-8-20(23(16)19)26(28)33/h2-3,5-8,10-13H,4,9,14-15H2,1H3,(H,27,29,31). The number of carbonyl (C=O) groups excluding carboxylic acids is 5. The molecule has 0 spiro atoms. The Hall–Kier alpha value is -4.53. The SMILES string of the molecule is COc1ccc(C(=O)NC(=O)COC(=O)CCCN2C(=O)c3cccc4cccc(c34)C2=O)cc1. The van der Waals surface area contributed by atoms with Crippen molar-refractivity contribution in [1.29, 1.82) is 0 Å². The van der Waals surface area contributed by atoms with E-state index in [4.69, 9.17) is 9.47 Å². The number of nitrogens with one attached hydrogen (secondary N) is 1. The van der Waals surface area contributed by atoms with Gasteiger partial charge in [0.05, 0.1) is 7.11 Å². The summed E-state index contributed by atoms with van der Waals surface area (Å²) in [7, 11) is 1.49. The molecule has 4 rings (SSSR count). The zero-order valence-corrected chi connectivity index (χ0v) is 18.9. The Kier molecular flexibility index (Phi) is 6.86. The molecule has 178 valence electrons. The van der Waals surface area contributed by atoms with Crippen LogP contribution in [0.3, 0.4) is 0 Å². The second-order valence-corrected chi connectivity index (χ2v) is 7.84. The van der Waals surface area contributed by atoms with Gasteiger partial charge in [-0.3, -0.25) is 34.2 Å². The molecular weight excluding hydrogens is 452 g/mol. The van der Waals surface area contributed by atoms with Gasteiger partial charge in [-0.2, -0.15) is 0 Å². The van der Waals surface area contributed by atoms with Crippen molar-refractivity contribution in [3.8, 4) is 5.75 Å². The second-order valence-electron chi connectivity index (χ2n) is 7.84. The third-order valence-electron chi connectivity index (χ3n) is 5.59. The predicted molar refractivity (Wildman–Crippen MR) is 125 cm³/mol. The molecule has 0 aromatic heterocycles. The third kappa shape index (κ3) is 5.03. The van der Waals surface area contributed by atoms with Crippen LogP contribution in [0.25, 0.3) is 10.8 Å². The second kappa shape index (κ2) is 10.2. The topological polar surface area (TPSA) is 119 Å². The van der Waals surface area contributed by atoms with Crippen LogP contribution in [-0.2, 0) is 14.3 Å². The quantitative estimate of drug-likeness (QED) is 0.394. The smallest absolute Gasteiger partial charge is 0.306 e. The number of hydrogen-bond acceptors (Lipinski definition) is 7. The molecule has 1 N–H and O–H groups in total. The number of hydrogen-bond donors (Lipinski definition) is 1. The maximum atomic E-state index is 12.9. The predicted octanol–water partition coefficient (Wildman–Crippen LogP) is 2.72. The lowest BCUT2D eigenvalue weighted by molar-refractivity contribution is -0.148. The van der Waals surface area contributed by atoms with Gasteiger partial charge in [-0.05, 0) is 48.2 Å². The Morgan fingerprint density at radius 3 is 2.11 bits per heavy atom. The molecule has 0 unspecified atom stereocenters. The number of ether oxygens (including phenoxy) is 2. The molecule has 0 aliphatic carbocycles. The lowest BCUT2D eigenvalue weighted by atomic mass is 9.94. The highest BCUT2D eigenvalue weighted by Crippen LogP contribution is 2.30. The highest BCUT2D eigenvalue weighted by Gasteiger charge is 2.32. The molecule has 0 fully saturated rings. The summed E-state index contributed by atoms with van der Waals surface area (Å²) in [6.45, 7) is -0.600. The van der Waals surface area contributed by atoms with Gasteiger partial charge < -0.3 is 9.47 Å². The Morgan fingerprint density at radius 2 is 1.51 bits per heavy atom. The van der Waals surface area contributed by atoms with Crippen LogP contribution in [0.1, 0.15) is 43.9 Å². The molecular formula is C26H22N2O7. The molecule has 0 saturated carbocycles. The Labute approximate surface area is 200 Å². The largest absolute Gasteiger partial charge is 0.497 e. The van der Waals surface area contributed by atoms with Crippen LogP contribution in [0.4, 0.5) is 0 Å². The van der Waals surface area contributed by atoms with E-state index in [1.807, 2.05) is 12.1 Å². The van der Waals surface area contributed by atoms with E-state index in [0.29, 0.717) is 22.3 Å². The summed E-state index contributed by atoms with van der Waals surface area (Å²) in [6.07, 6.45) is 0.0590. The van der Waals surface area contributed by atoms with Gasteiger partial charge in [-0.25, -0.2) is 0 Å². The zero-order chi connectivity index (χ0) is 24.9. The molecule has 0 radical (unpaired) electrons. The van der Waals surface area contributed by atoms with Gasteiger partial charge in [0, 0.05) is 35.0 Å². The van der Waals surface area contributed by atoms with Gasteiger partial charge >= 0.3 is 5.97 Å². The van der Waals surface area contributed by atoms with Crippen molar-refractivity contribution < 1.29 is 33.4 Å². The van der Waals surface area contributed by atoms with E-state index in [9.17, 15) is 24.0 Å². The van der Waals surface area contributed by atoms with Crippen LogP contribution in [0.15, 0.2) is 60.7 Å². The molecule has 35 heavy (non-hydrogen) atoms. The first-order valence-corrected chi connectivity index (χ1v) is 10.9. The summed E-state index contributed by atoms with van der Waals surface area (Å²) in [5.41, 5.74) is 1.13. The number of imide groups is 2. The van der Waals surface area contributed by atoms with Crippen molar-refractivity contribution in [3.05, 3.63) is 77.4 Å². The number of rotatable bonds is 8. The molecule has 0 saturated heterocycles. The maximum Gasteiger partial charge on any atom is 0.306 e. The van der Waals surface area contributed by atoms with Crippen LogP contribution >= 0.6 is 0 Å². The number of benzene rings is 3. The molecule has 9 nitrogen and oxygen atoms in total. The summed E-state index contributed by atoms with van der Waals surface area (Å²) in [5.74, 6) is -2.35. The van der Waals surface area contributed by atoms with Crippen LogP contribution in [0.5, 0.6) is 5.75 Å². The monoisotopic (exact) mass is 474 g/mol. The molecule has 0 atom stereocenters. The van der Waals surface area contributed by atoms with Gasteiger partial charge in [0.15, 0.2) is 6.61 Å². The lowest BCUT2D eigenvalue weighted by Crippen LogP contribution is -2.41. The number of methoxy groups -OCH3 is 1. The van der Waals surface area contributed by atoms with Crippen LogP contribution in [-0.4, -0.2) is 54.8 Å². The van der Waals surface area contributed by atoms with Crippen LogP contribution in [0, 0.1) is 0 Å². The van der Waals surface area contributed by atoms with Crippen molar-refractivity contribution in [1.82, 2.24) is 10.2 Å². The highest BCUT2D eigenvalue weighted by molar-refractivity contribution is 6.25. The fourth-order valence-corrected chi connectivity index (χ4v) is 3.86. The van der Waals surface area contributed by atoms with E-state index < -0.39 is 36.2 Å². The number of amides is 4. The summed E-state index contributed by atoms with van der Waals surface area (Å²) in [5, 5.41) is 3.58. The summed E-state index contributed by atoms with van der Waals surface area (Å²) in [4.78, 5) is 62.9. The number of esters is 1. The molecule has 4 amide bonds. The summed E-state index contributed by atoms with van der Waals surface area (Å²) in [6, 6.07) is 16.7. The first kappa shape index (κ1) is 23.6. The Bertz CT molecular complexity index is 1280. The maximum absolute atomic E-state index is 12.9. The van der Waals surface area contributed by atoms with Gasteiger partial charge in [0.25, 0.3) is 23.6 Å². The average molecular weight is 474 g/mol. The number of nitrogens with zero attached hydrogens (tertiary/aromatic N) is 1. The molecule has 3 aromatic carbocycles. The molecule has 1 aliphatic heterocycles. The highest BCUT2D eigenvalue weighted by atomic mass is 16.5. The number of carbonyl (C=O) groups is 5. The fourth-order valence-electron chi connectivity index (χ4n) is 3.86. The van der Waals surface area contributed by atoms with E-state index >= 15 is 0 Å². The van der Waals surface area contributed by atoms with Crippen molar-refractivity contribution in [2.45, 2.75) is 12.8 Å². The van der Waals surface area contributed by atoms with E-state index in [1.165, 1.54) is 19.2 Å². The molecule has 0 bridgehead atoms. The van der Waals surface area contributed by atoms with Gasteiger partial charge in [-0.15, -0.1) is 0 Å². The van der Waals surface area contributed by atoms with E-state index in [2.05, 4.69) is 5.32 Å². The van der Waals surface area contributed by atoms with Gasteiger partial charge in [0.2, 0.25) is 0 Å². The summed E-state index contributed by atoms with van der Waals surface area (Å²) >= 11 is 0. The van der Waals surface area contributed by atoms with Crippen molar-refractivity contribution >= 4 is 40.4 Å².